The summed E-state index contributed by atoms with van der Waals surface area (Å²) in [5.41, 5.74) is -1.04. The van der Waals surface area contributed by atoms with Gasteiger partial charge in [0.25, 0.3) is 5.91 Å². The minimum atomic E-state index is -1.00. The highest BCUT2D eigenvalue weighted by atomic mass is 19.1. The number of halogens is 1. The van der Waals surface area contributed by atoms with Gasteiger partial charge in [0.1, 0.15) is 5.75 Å². The van der Waals surface area contributed by atoms with E-state index >= 15 is 0 Å². The van der Waals surface area contributed by atoms with Crippen molar-refractivity contribution in [3.8, 4) is 5.75 Å². The zero-order chi connectivity index (χ0) is 15.5. The molecule has 1 amide bonds. The summed E-state index contributed by atoms with van der Waals surface area (Å²) in [7, 11) is 0. The molecule has 110 valence electrons. The monoisotopic (exact) mass is 284 g/mol. The van der Waals surface area contributed by atoms with Gasteiger partial charge in [-0.2, -0.15) is 4.39 Å². The van der Waals surface area contributed by atoms with Gasteiger partial charge in [-0.3, -0.25) is 14.9 Å². The van der Waals surface area contributed by atoms with E-state index in [2.05, 4.69) is 5.32 Å². The van der Waals surface area contributed by atoms with Crippen molar-refractivity contribution in [2.45, 2.75) is 39.3 Å². The molecule has 1 unspecified atom stereocenters. The average molecular weight is 284 g/mol. The van der Waals surface area contributed by atoms with Crippen LogP contribution in [0.1, 0.15) is 27.7 Å². The summed E-state index contributed by atoms with van der Waals surface area (Å²) in [6, 6.07) is 3.14. The molecule has 0 saturated carbocycles. The van der Waals surface area contributed by atoms with E-state index in [9.17, 15) is 19.3 Å². The molecule has 0 aliphatic heterocycles. The van der Waals surface area contributed by atoms with Crippen LogP contribution in [0.4, 0.5) is 10.1 Å². The number of hydrogen-bond donors (Lipinski definition) is 1. The molecule has 0 radical (unpaired) electrons. The van der Waals surface area contributed by atoms with E-state index in [0.717, 1.165) is 12.1 Å². The third-order valence-corrected chi connectivity index (χ3v) is 2.30. The van der Waals surface area contributed by atoms with E-state index in [4.69, 9.17) is 4.74 Å². The highest BCUT2D eigenvalue weighted by molar-refractivity contribution is 5.81. The first-order valence-corrected chi connectivity index (χ1v) is 6.03. The Morgan fingerprint density at radius 3 is 2.50 bits per heavy atom. The quantitative estimate of drug-likeness (QED) is 0.680. The maximum absolute atomic E-state index is 13.4. The number of carbonyl (C=O) groups is 1. The molecule has 20 heavy (non-hydrogen) atoms. The number of nitro benzene ring substituents is 1. The number of nitrogens with zero attached hydrogens (tertiary/aromatic N) is 1. The molecule has 6 nitrogen and oxygen atoms in total. The van der Waals surface area contributed by atoms with Crippen molar-refractivity contribution in [3.05, 3.63) is 34.1 Å². The molecule has 0 fully saturated rings. The molecule has 0 spiro atoms. The Kier molecular flexibility index (Phi) is 4.65. The lowest BCUT2D eigenvalue weighted by molar-refractivity contribution is -0.387. The van der Waals surface area contributed by atoms with Crippen molar-refractivity contribution in [3.63, 3.8) is 0 Å². The van der Waals surface area contributed by atoms with Crippen LogP contribution in [0.5, 0.6) is 5.75 Å². The summed E-state index contributed by atoms with van der Waals surface area (Å²) in [5.74, 6) is -1.29. The third kappa shape index (κ3) is 4.49. The second-order valence-corrected chi connectivity index (χ2v) is 5.37. The number of ether oxygens (including phenoxy) is 1. The summed E-state index contributed by atoms with van der Waals surface area (Å²) in [6.07, 6.45) is -0.838. The minimum Gasteiger partial charge on any atom is -0.481 e. The normalized spacial score (nSPS) is 12.7. The number of amides is 1. The van der Waals surface area contributed by atoms with Crippen molar-refractivity contribution < 1.29 is 18.8 Å². The first kappa shape index (κ1) is 15.9. The Morgan fingerprint density at radius 1 is 1.45 bits per heavy atom. The number of benzene rings is 1. The van der Waals surface area contributed by atoms with Crippen LogP contribution in [0.25, 0.3) is 0 Å². The Labute approximate surface area is 116 Å². The van der Waals surface area contributed by atoms with Crippen molar-refractivity contribution in [1.82, 2.24) is 5.32 Å². The van der Waals surface area contributed by atoms with Crippen LogP contribution >= 0.6 is 0 Å². The van der Waals surface area contributed by atoms with E-state index in [-0.39, 0.29) is 11.7 Å². The number of nitro groups is 1. The van der Waals surface area contributed by atoms with Crippen LogP contribution in [0.3, 0.4) is 0 Å². The smallest absolute Gasteiger partial charge is 0.305 e. The molecule has 1 aromatic rings. The van der Waals surface area contributed by atoms with Crippen LogP contribution in [-0.4, -0.2) is 22.5 Å². The van der Waals surface area contributed by atoms with Gasteiger partial charge in [0, 0.05) is 17.7 Å². The maximum Gasteiger partial charge on any atom is 0.305 e. The summed E-state index contributed by atoms with van der Waals surface area (Å²) < 4.78 is 18.7. The van der Waals surface area contributed by atoms with Crippen molar-refractivity contribution in [1.29, 1.82) is 0 Å². The van der Waals surface area contributed by atoms with Crippen molar-refractivity contribution in [2.75, 3.05) is 0 Å². The van der Waals surface area contributed by atoms with Crippen molar-refractivity contribution in [2.24, 2.45) is 0 Å². The zero-order valence-electron chi connectivity index (χ0n) is 11.8. The molecule has 1 aromatic carbocycles. The lowest BCUT2D eigenvalue weighted by Crippen LogP contribution is -2.46. The highest BCUT2D eigenvalue weighted by Crippen LogP contribution is 2.23. The fourth-order valence-corrected chi connectivity index (χ4v) is 1.44. The molecule has 7 heteroatoms. The third-order valence-electron chi connectivity index (χ3n) is 2.30. The van der Waals surface area contributed by atoms with Gasteiger partial charge in [0.15, 0.2) is 6.10 Å². The predicted molar refractivity (Wildman–Crippen MR) is 71.0 cm³/mol. The predicted octanol–water partition coefficient (Wildman–Crippen LogP) is 2.42. The van der Waals surface area contributed by atoms with E-state index in [1.54, 1.807) is 0 Å². The molecule has 0 aromatic heterocycles. The van der Waals surface area contributed by atoms with Crippen LogP contribution in [0.2, 0.25) is 0 Å². The zero-order valence-corrected chi connectivity index (χ0v) is 11.8. The van der Waals surface area contributed by atoms with Gasteiger partial charge < -0.3 is 10.1 Å². The minimum absolute atomic E-state index is 0.0599. The van der Waals surface area contributed by atoms with Gasteiger partial charge >= 0.3 is 5.69 Å². The summed E-state index contributed by atoms with van der Waals surface area (Å²) in [5, 5.41) is 13.2. The van der Waals surface area contributed by atoms with Crippen LogP contribution in [0.15, 0.2) is 18.2 Å². The fraction of sp³-hybridized carbons (Fsp3) is 0.462. The maximum atomic E-state index is 13.4. The Bertz CT molecular complexity index is 526. The highest BCUT2D eigenvalue weighted by Gasteiger charge is 2.21. The first-order valence-electron chi connectivity index (χ1n) is 6.03. The largest absolute Gasteiger partial charge is 0.481 e. The molecule has 1 N–H and O–H groups in total. The lowest BCUT2D eigenvalue weighted by atomic mass is 10.1. The summed E-state index contributed by atoms with van der Waals surface area (Å²) in [4.78, 5) is 21.4. The van der Waals surface area contributed by atoms with E-state index in [1.807, 2.05) is 20.8 Å². The molecule has 1 rings (SSSR count). The Hall–Kier alpha value is -2.18. The van der Waals surface area contributed by atoms with Gasteiger partial charge in [0.2, 0.25) is 5.82 Å². The Balaban J connectivity index is 2.76. The second kappa shape index (κ2) is 5.85. The van der Waals surface area contributed by atoms with Gasteiger partial charge in [-0.15, -0.1) is 0 Å². The van der Waals surface area contributed by atoms with Crippen molar-refractivity contribution >= 4 is 11.6 Å². The first-order chi connectivity index (χ1) is 9.10. The van der Waals surface area contributed by atoms with E-state index in [1.165, 1.54) is 13.0 Å². The lowest BCUT2D eigenvalue weighted by Gasteiger charge is -2.23. The number of nitrogens with one attached hydrogen (secondary N) is 1. The molecular formula is C13H17FN2O4. The summed E-state index contributed by atoms with van der Waals surface area (Å²) in [6.45, 7) is 6.98. The average Bonchev–Trinajstić information content (AvgIpc) is 2.26. The molecular weight excluding hydrogens is 267 g/mol. The molecule has 0 saturated heterocycles. The second-order valence-electron chi connectivity index (χ2n) is 5.37. The number of rotatable bonds is 4. The molecule has 0 bridgehead atoms. The topological polar surface area (TPSA) is 81.5 Å². The van der Waals surface area contributed by atoms with Crippen LogP contribution < -0.4 is 10.1 Å². The molecule has 0 aliphatic carbocycles. The summed E-state index contributed by atoms with van der Waals surface area (Å²) >= 11 is 0. The van der Waals surface area contributed by atoms with Crippen LogP contribution in [0, 0.1) is 15.9 Å². The Morgan fingerprint density at radius 2 is 2.05 bits per heavy atom. The van der Waals surface area contributed by atoms with Gasteiger partial charge in [-0.25, -0.2) is 0 Å². The van der Waals surface area contributed by atoms with Crippen LogP contribution in [-0.2, 0) is 4.79 Å². The van der Waals surface area contributed by atoms with Gasteiger partial charge in [0.05, 0.1) is 4.92 Å². The number of hydrogen-bond acceptors (Lipinski definition) is 4. The standard InChI is InChI=1S/C13H17FN2O4/c1-8(12(17)15-13(2,3)4)20-9-5-6-11(16(18)19)10(14)7-9/h5-8H,1-4H3,(H,15,17). The molecule has 0 heterocycles. The SMILES string of the molecule is CC(Oc1ccc([N+](=O)[O-])c(F)c1)C(=O)NC(C)(C)C. The number of carbonyl (C=O) groups excluding carboxylic acids is 1. The van der Waals surface area contributed by atoms with Gasteiger partial charge in [-0.05, 0) is 33.8 Å². The van der Waals surface area contributed by atoms with E-state index < -0.39 is 28.1 Å². The van der Waals surface area contributed by atoms with E-state index in [0.29, 0.717) is 0 Å². The fourth-order valence-electron chi connectivity index (χ4n) is 1.44. The molecule has 0 aliphatic rings. The van der Waals surface area contributed by atoms with Gasteiger partial charge in [-0.1, -0.05) is 0 Å². The molecule has 1 atom stereocenters.